The summed E-state index contributed by atoms with van der Waals surface area (Å²) in [6.07, 6.45) is -1.12. The van der Waals surface area contributed by atoms with E-state index in [0.29, 0.717) is 11.3 Å². The Labute approximate surface area is 171 Å². The van der Waals surface area contributed by atoms with Gasteiger partial charge in [0.25, 0.3) is 5.91 Å². The minimum absolute atomic E-state index is 0.0164. The lowest BCUT2D eigenvalue weighted by molar-refractivity contribution is -0.126. The Kier molecular flexibility index (Phi) is 4.25. The van der Waals surface area contributed by atoms with E-state index in [2.05, 4.69) is 0 Å². The van der Waals surface area contributed by atoms with E-state index >= 15 is 0 Å². The Balaban J connectivity index is 1.62. The molecule has 6 nitrogen and oxygen atoms in total. The van der Waals surface area contributed by atoms with E-state index in [1.165, 1.54) is 29.3 Å². The van der Waals surface area contributed by atoms with Crippen LogP contribution < -0.4 is 9.96 Å². The van der Waals surface area contributed by atoms with Crippen LogP contribution in [-0.4, -0.2) is 23.0 Å². The molecule has 3 aromatic carbocycles. The number of anilines is 2. The minimum Gasteiger partial charge on any atom is -0.508 e. The average molecular weight is 404 g/mol. The Hall–Kier alpha value is -3.71. The first kappa shape index (κ1) is 18.3. The minimum atomic E-state index is -1.12. The summed E-state index contributed by atoms with van der Waals surface area (Å²) >= 11 is 0. The van der Waals surface area contributed by atoms with Gasteiger partial charge in [0.05, 0.1) is 17.4 Å². The van der Waals surface area contributed by atoms with Crippen molar-refractivity contribution >= 4 is 23.2 Å². The van der Waals surface area contributed by atoms with Crippen molar-refractivity contribution in [2.75, 3.05) is 9.96 Å². The average Bonchev–Trinajstić information content (AvgIpc) is 3.26. The summed E-state index contributed by atoms with van der Waals surface area (Å²) in [6.45, 7) is 0. The highest BCUT2D eigenvalue weighted by Crippen LogP contribution is 2.49. The molecule has 150 valence electrons. The molecule has 0 spiro atoms. The molecule has 0 radical (unpaired) electrons. The number of hydrogen-bond donors (Lipinski definition) is 1. The summed E-state index contributed by atoms with van der Waals surface area (Å²) in [5.41, 5.74) is 0.983. The third-order valence-electron chi connectivity index (χ3n) is 5.47. The van der Waals surface area contributed by atoms with Gasteiger partial charge < -0.3 is 5.11 Å². The number of halogens is 1. The van der Waals surface area contributed by atoms with Crippen LogP contribution >= 0.6 is 0 Å². The van der Waals surface area contributed by atoms with E-state index in [4.69, 9.17) is 4.84 Å². The van der Waals surface area contributed by atoms with Crippen molar-refractivity contribution in [3.63, 3.8) is 0 Å². The van der Waals surface area contributed by atoms with Crippen LogP contribution in [0.2, 0.25) is 0 Å². The molecular weight excluding hydrogens is 387 g/mol. The van der Waals surface area contributed by atoms with Gasteiger partial charge in [-0.15, -0.1) is 0 Å². The topological polar surface area (TPSA) is 70.1 Å². The molecule has 0 aromatic heterocycles. The lowest BCUT2D eigenvalue weighted by Crippen LogP contribution is -2.37. The van der Waals surface area contributed by atoms with Gasteiger partial charge in [0.2, 0.25) is 5.91 Å². The van der Waals surface area contributed by atoms with E-state index in [1.807, 2.05) is 18.2 Å². The van der Waals surface area contributed by atoms with Gasteiger partial charge in [0.1, 0.15) is 17.5 Å². The normalized spacial score (nSPS) is 23.2. The molecule has 2 saturated heterocycles. The number of rotatable bonds is 3. The Bertz CT molecular complexity index is 1140. The summed E-state index contributed by atoms with van der Waals surface area (Å²) in [7, 11) is 0. The van der Waals surface area contributed by atoms with Gasteiger partial charge in [0, 0.05) is 5.56 Å². The monoisotopic (exact) mass is 404 g/mol. The number of fused-ring (bicyclic) bond motifs is 1. The van der Waals surface area contributed by atoms with E-state index in [0.717, 1.165) is 4.90 Å². The number of hydroxylamine groups is 1. The highest BCUT2D eigenvalue weighted by atomic mass is 19.1. The van der Waals surface area contributed by atoms with E-state index in [1.54, 1.807) is 36.4 Å². The Morgan fingerprint density at radius 2 is 1.50 bits per heavy atom. The number of phenolic OH excluding ortho intramolecular Hbond substituents is 1. The number of amides is 2. The number of carbonyl (C=O) groups excluding carboxylic acids is 2. The molecule has 7 heteroatoms. The number of aromatic hydroxyl groups is 1. The van der Waals surface area contributed by atoms with Gasteiger partial charge in [-0.2, -0.15) is 0 Å². The first-order valence-electron chi connectivity index (χ1n) is 9.49. The lowest BCUT2D eigenvalue weighted by Gasteiger charge is -2.29. The quantitative estimate of drug-likeness (QED) is 0.676. The maximum atomic E-state index is 14.4. The number of phenols is 1. The van der Waals surface area contributed by atoms with Crippen molar-refractivity contribution in [2.45, 2.75) is 12.1 Å². The van der Waals surface area contributed by atoms with Crippen LogP contribution in [0, 0.1) is 11.7 Å². The number of benzene rings is 3. The molecule has 0 unspecified atom stereocenters. The van der Waals surface area contributed by atoms with Crippen molar-refractivity contribution in [1.82, 2.24) is 0 Å². The second kappa shape index (κ2) is 6.96. The molecule has 3 atom stereocenters. The van der Waals surface area contributed by atoms with Crippen LogP contribution in [-0.2, 0) is 14.4 Å². The fraction of sp³-hybridized carbons (Fsp3) is 0.130. The molecule has 2 amide bonds. The molecule has 2 aliphatic rings. The summed E-state index contributed by atoms with van der Waals surface area (Å²) in [5, 5.41) is 12.0. The Morgan fingerprint density at radius 3 is 2.23 bits per heavy atom. The SMILES string of the molecule is O=C1[C@H]2[C@@H](ON(c3ccccc3)[C@H]2c2ccccc2O)C(=O)N1c1ccccc1F. The van der Waals surface area contributed by atoms with E-state index in [-0.39, 0.29) is 11.4 Å². The zero-order valence-electron chi connectivity index (χ0n) is 15.7. The third kappa shape index (κ3) is 2.67. The number of para-hydroxylation sites is 3. The zero-order valence-corrected chi connectivity index (χ0v) is 15.7. The summed E-state index contributed by atoms with van der Waals surface area (Å²) in [6, 6.07) is 20.5. The number of nitrogens with zero attached hydrogens (tertiary/aromatic N) is 2. The standard InChI is InChI=1S/C23H17FN2O4/c24-16-11-5-6-12-17(16)25-22(28)19-20(15-10-4-7-13-18(15)27)26(30-21(19)23(25)29)14-8-2-1-3-9-14/h1-13,19-21,27H/t19-,20+,21-/m1/s1. The Morgan fingerprint density at radius 1 is 0.833 bits per heavy atom. The number of imide groups is 1. The molecule has 2 heterocycles. The molecule has 2 aliphatic heterocycles. The summed E-state index contributed by atoms with van der Waals surface area (Å²) in [5.74, 6) is -2.82. The maximum absolute atomic E-state index is 14.4. The molecule has 0 saturated carbocycles. The van der Waals surface area contributed by atoms with E-state index in [9.17, 15) is 19.1 Å². The molecule has 30 heavy (non-hydrogen) atoms. The second-order valence-corrected chi connectivity index (χ2v) is 7.18. The van der Waals surface area contributed by atoms with Crippen molar-refractivity contribution in [2.24, 2.45) is 5.92 Å². The zero-order chi connectivity index (χ0) is 20.8. The molecule has 2 fully saturated rings. The molecular formula is C23H17FN2O4. The molecule has 3 aromatic rings. The van der Waals surface area contributed by atoms with E-state index < -0.39 is 35.7 Å². The predicted octanol–water partition coefficient (Wildman–Crippen LogP) is 3.58. The lowest BCUT2D eigenvalue weighted by atomic mass is 9.90. The summed E-state index contributed by atoms with van der Waals surface area (Å²) < 4.78 is 14.4. The van der Waals surface area contributed by atoms with Gasteiger partial charge >= 0.3 is 0 Å². The molecule has 0 aliphatic carbocycles. The molecule has 1 N–H and O–H groups in total. The first-order valence-corrected chi connectivity index (χ1v) is 9.49. The van der Waals surface area contributed by atoms with Crippen LogP contribution in [0.25, 0.3) is 0 Å². The van der Waals surface area contributed by atoms with Gasteiger partial charge in [0.15, 0.2) is 6.10 Å². The van der Waals surface area contributed by atoms with Crippen LogP contribution in [0.15, 0.2) is 78.9 Å². The fourth-order valence-corrected chi connectivity index (χ4v) is 4.14. The van der Waals surface area contributed by atoms with Gasteiger partial charge in [-0.1, -0.05) is 48.5 Å². The maximum Gasteiger partial charge on any atom is 0.266 e. The van der Waals surface area contributed by atoms with Crippen molar-refractivity contribution in [3.8, 4) is 5.75 Å². The number of carbonyl (C=O) groups is 2. The highest BCUT2D eigenvalue weighted by molar-refractivity contribution is 6.24. The van der Waals surface area contributed by atoms with Crippen LogP contribution in [0.3, 0.4) is 0 Å². The fourth-order valence-electron chi connectivity index (χ4n) is 4.14. The first-order chi connectivity index (χ1) is 14.6. The largest absolute Gasteiger partial charge is 0.508 e. The summed E-state index contributed by atoms with van der Waals surface area (Å²) in [4.78, 5) is 33.3. The molecule has 5 rings (SSSR count). The second-order valence-electron chi connectivity index (χ2n) is 7.18. The van der Waals surface area contributed by atoms with Crippen molar-refractivity contribution in [1.29, 1.82) is 0 Å². The van der Waals surface area contributed by atoms with Crippen LogP contribution in [0.4, 0.5) is 15.8 Å². The van der Waals surface area contributed by atoms with Crippen LogP contribution in [0.5, 0.6) is 5.75 Å². The third-order valence-corrected chi connectivity index (χ3v) is 5.47. The van der Waals surface area contributed by atoms with Gasteiger partial charge in [-0.05, 0) is 30.3 Å². The highest BCUT2D eigenvalue weighted by Gasteiger charge is 2.61. The van der Waals surface area contributed by atoms with Gasteiger partial charge in [-0.3, -0.25) is 14.4 Å². The predicted molar refractivity (Wildman–Crippen MR) is 107 cm³/mol. The smallest absolute Gasteiger partial charge is 0.266 e. The molecule has 0 bridgehead atoms. The van der Waals surface area contributed by atoms with Gasteiger partial charge in [-0.25, -0.2) is 14.4 Å². The van der Waals surface area contributed by atoms with Crippen molar-refractivity contribution < 1.29 is 23.9 Å². The number of hydrogen-bond acceptors (Lipinski definition) is 5. The van der Waals surface area contributed by atoms with Crippen LogP contribution in [0.1, 0.15) is 11.6 Å². The van der Waals surface area contributed by atoms with Crippen molar-refractivity contribution in [3.05, 3.63) is 90.2 Å².